The molecule has 0 unspecified atom stereocenters. The maximum Gasteiger partial charge on any atom is 0.272 e. The van der Waals surface area contributed by atoms with Gasteiger partial charge in [0.05, 0.1) is 29.1 Å². The Morgan fingerprint density at radius 2 is 2.07 bits per heavy atom. The number of nitrogens with zero attached hydrogens (tertiary/aromatic N) is 4. The van der Waals surface area contributed by atoms with Crippen LogP contribution in [0.4, 0.5) is 0 Å². The minimum atomic E-state index is -3.18. The summed E-state index contributed by atoms with van der Waals surface area (Å²) in [7, 11) is -1.44. The molecule has 1 N–H and O–H groups in total. The minimum Gasteiger partial charge on any atom is -0.343 e. The van der Waals surface area contributed by atoms with E-state index in [1.54, 1.807) is 11.7 Å². The van der Waals surface area contributed by atoms with Gasteiger partial charge >= 0.3 is 0 Å². The highest BCUT2D eigenvalue weighted by atomic mass is 32.2. The molecule has 1 aliphatic rings. The molecule has 0 atom stereocenters. The zero-order chi connectivity index (χ0) is 19.2. The number of sulfone groups is 1. The number of carbonyl (C=O) groups excluding carboxylic acids is 1. The third-order valence-corrected chi connectivity index (χ3v) is 6.52. The SMILES string of the molecule is CCn1c(CNC(=O)c2nn(C)c3c2CS(=O)(=O)CC3)nc2ccccc21. The summed E-state index contributed by atoms with van der Waals surface area (Å²) in [5.74, 6) is 0.344. The number of benzene rings is 1. The topological polar surface area (TPSA) is 98.9 Å². The zero-order valence-electron chi connectivity index (χ0n) is 15.3. The van der Waals surface area contributed by atoms with Gasteiger partial charge in [-0.1, -0.05) is 12.1 Å². The molecule has 0 bridgehead atoms. The van der Waals surface area contributed by atoms with Crippen molar-refractivity contribution in [2.24, 2.45) is 7.05 Å². The van der Waals surface area contributed by atoms with Crippen molar-refractivity contribution < 1.29 is 13.2 Å². The number of carbonyl (C=O) groups is 1. The smallest absolute Gasteiger partial charge is 0.272 e. The van der Waals surface area contributed by atoms with Crippen molar-refractivity contribution in [3.8, 4) is 0 Å². The molecule has 1 aromatic carbocycles. The van der Waals surface area contributed by atoms with E-state index >= 15 is 0 Å². The summed E-state index contributed by atoms with van der Waals surface area (Å²) in [6.07, 6.45) is 0.389. The maximum atomic E-state index is 12.7. The van der Waals surface area contributed by atoms with E-state index in [1.165, 1.54) is 0 Å². The molecular weight excluding hydrogens is 366 g/mol. The normalized spacial score (nSPS) is 15.6. The third-order valence-electron chi connectivity index (χ3n) is 4.96. The van der Waals surface area contributed by atoms with Gasteiger partial charge in [0.15, 0.2) is 15.5 Å². The van der Waals surface area contributed by atoms with Crippen LogP contribution in [0.3, 0.4) is 0 Å². The fourth-order valence-electron chi connectivity index (χ4n) is 3.65. The Morgan fingerprint density at radius 1 is 1.30 bits per heavy atom. The van der Waals surface area contributed by atoms with Gasteiger partial charge in [-0.05, 0) is 19.1 Å². The lowest BCUT2D eigenvalue weighted by Gasteiger charge is -2.13. The molecule has 142 valence electrons. The molecule has 0 fully saturated rings. The minimum absolute atomic E-state index is 0.0983. The van der Waals surface area contributed by atoms with E-state index < -0.39 is 9.84 Å². The summed E-state index contributed by atoms with van der Waals surface area (Å²) in [4.78, 5) is 17.3. The van der Waals surface area contributed by atoms with Gasteiger partial charge in [0.1, 0.15) is 5.82 Å². The molecule has 8 nitrogen and oxygen atoms in total. The lowest BCUT2D eigenvalue weighted by Crippen LogP contribution is -2.27. The third kappa shape index (κ3) is 3.12. The molecule has 1 amide bonds. The maximum absolute atomic E-state index is 12.7. The second kappa shape index (κ2) is 6.49. The molecule has 3 aromatic rings. The molecule has 0 spiro atoms. The van der Waals surface area contributed by atoms with Gasteiger partial charge in [-0.2, -0.15) is 5.10 Å². The highest BCUT2D eigenvalue weighted by molar-refractivity contribution is 7.90. The zero-order valence-corrected chi connectivity index (χ0v) is 16.1. The predicted molar refractivity (Wildman–Crippen MR) is 101 cm³/mol. The molecule has 4 rings (SSSR count). The summed E-state index contributed by atoms with van der Waals surface area (Å²) in [6, 6.07) is 7.82. The summed E-state index contributed by atoms with van der Waals surface area (Å²) >= 11 is 0. The van der Waals surface area contributed by atoms with Gasteiger partial charge in [0.25, 0.3) is 5.91 Å². The van der Waals surface area contributed by atoms with E-state index in [-0.39, 0.29) is 29.7 Å². The van der Waals surface area contributed by atoms with Crippen LogP contribution in [0.15, 0.2) is 24.3 Å². The van der Waals surface area contributed by atoms with Crippen molar-refractivity contribution in [3.63, 3.8) is 0 Å². The Bertz CT molecular complexity index is 1140. The Hall–Kier alpha value is -2.68. The number of fused-ring (bicyclic) bond motifs is 2. The number of para-hydroxylation sites is 2. The monoisotopic (exact) mass is 387 g/mol. The van der Waals surface area contributed by atoms with Crippen LogP contribution in [0.5, 0.6) is 0 Å². The van der Waals surface area contributed by atoms with Crippen molar-refractivity contribution in [1.82, 2.24) is 24.6 Å². The Kier molecular flexibility index (Phi) is 4.26. The molecule has 2 aromatic heterocycles. The van der Waals surface area contributed by atoms with Crippen molar-refractivity contribution >= 4 is 26.8 Å². The van der Waals surface area contributed by atoms with Gasteiger partial charge in [0, 0.05) is 31.3 Å². The summed E-state index contributed by atoms with van der Waals surface area (Å²) in [5.41, 5.74) is 3.42. The number of hydrogen-bond acceptors (Lipinski definition) is 5. The molecule has 27 heavy (non-hydrogen) atoms. The average Bonchev–Trinajstić information content (AvgIpc) is 3.15. The first kappa shape index (κ1) is 17.7. The summed E-state index contributed by atoms with van der Waals surface area (Å²) in [6.45, 7) is 3.02. The lowest BCUT2D eigenvalue weighted by atomic mass is 10.1. The Morgan fingerprint density at radius 3 is 2.85 bits per heavy atom. The largest absolute Gasteiger partial charge is 0.343 e. The van der Waals surface area contributed by atoms with Crippen LogP contribution in [-0.2, 0) is 42.1 Å². The van der Waals surface area contributed by atoms with Crippen LogP contribution in [0.2, 0.25) is 0 Å². The van der Waals surface area contributed by atoms with Gasteiger partial charge < -0.3 is 9.88 Å². The molecule has 0 radical (unpaired) electrons. The van der Waals surface area contributed by atoms with E-state index in [0.717, 1.165) is 29.1 Å². The standard InChI is InChI=1S/C18H21N5O3S/c1-3-23-15-7-5-4-6-13(15)20-16(23)10-19-18(24)17-12-11-27(25,26)9-8-14(12)22(2)21-17/h4-7H,3,8-11H2,1-2H3,(H,19,24). The predicted octanol–water partition coefficient (Wildman–Crippen LogP) is 1.19. The average molecular weight is 387 g/mol. The van der Waals surface area contributed by atoms with Gasteiger partial charge in [-0.25, -0.2) is 13.4 Å². The van der Waals surface area contributed by atoms with Gasteiger partial charge in [0.2, 0.25) is 0 Å². The van der Waals surface area contributed by atoms with Crippen molar-refractivity contribution in [2.45, 2.75) is 32.2 Å². The van der Waals surface area contributed by atoms with E-state index in [1.807, 2.05) is 35.8 Å². The van der Waals surface area contributed by atoms with Crippen molar-refractivity contribution in [2.75, 3.05) is 5.75 Å². The molecule has 3 heterocycles. The van der Waals surface area contributed by atoms with Crippen molar-refractivity contribution in [3.05, 3.63) is 47.0 Å². The number of nitrogens with one attached hydrogen (secondary N) is 1. The summed E-state index contributed by atoms with van der Waals surface area (Å²) < 4.78 is 27.6. The van der Waals surface area contributed by atoms with E-state index in [9.17, 15) is 13.2 Å². The quantitative estimate of drug-likeness (QED) is 0.725. The first-order valence-electron chi connectivity index (χ1n) is 8.87. The first-order chi connectivity index (χ1) is 12.9. The van der Waals surface area contributed by atoms with E-state index in [0.29, 0.717) is 12.0 Å². The van der Waals surface area contributed by atoms with Crippen LogP contribution in [0.25, 0.3) is 11.0 Å². The number of hydrogen-bond donors (Lipinski definition) is 1. The molecular formula is C18H21N5O3S. The highest BCUT2D eigenvalue weighted by Crippen LogP contribution is 2.24. The van der Waals surface area contributed by atoms with Crippen LogP contribution in [-0.4, -0.2) is 39.4 Å². The van der Waals surface area contributed by atoms with Crippen molar-refractivity contribution in [1.29, 1.82) is 0 Å². The van der Waals surface area contributed by atoms with Crippen LogP contribution >= 0.6 is 0 Å². The van der Waals surface area contributed by atoms with Crippen LogP contribution in [0.1, 0.15) is 34.5 Å². The van der Waals surface area contributed by atoms with Gasteiger partial charge in [-0.3, -0.25) is 9.48 Å². The van der Waals surface area contributed by atoms with E-state index in [4.69, 9.17) is 0 Å². The van der Waals surface area contributed by atoms with Crippen LogP contribution in [0, 0.1) is 0 Å². The Labute approximate surface area is 157 Å². The lowest BCUT2D eigenvalue weighted by molar-refractivity contribution is 0.0943. The molecule has 0 aliphatic carbocycles. The number of aromatic nitrogens is 4. The molecule has 9 heteroatoms. The number of aryl methyl sites for hydroxylation is 2. The summed E-state index contributed by atoms with van der Waals surface area (Å²) in [5, 5.41) is 7.12. The molecule has 0 saturated carbocycles. The fraction of sp³-hybridized carbons (Fsp3) is 0.389. The Balaban J connectivity index is 1.60. The number of amides is 1. The molecule has 0 saturated heterocycles. The molecule has 1 aliphatic heterocycles. The number of imidazole rings is 1. The number of rotatable bonds is 4. The highest BCUT2D eigenvalue weighted by Gasteiger charge is 2.30. The fourth-order valence-corrected chi connectivity index (χ4v) is 5.04. The van der Waals surface area contributed by atoms with Crippen LogP contribution < -0.4 is 5.32 Å². The second-order valence-electron chi connectivity index (χ2n) is 6.68. The second-order valence-corrected chi connectivity index (χ2v) is 8.87. The van der Waals surface area contributed by atoms with E-state index in [2.05, 4.69) is 15.4 Å². The van der Waals surface area contributed by atoms with Gasteiger partial charge in [-0.15, -0.1) is 0 Å². The first-order valence-corrected chi connectivity index (χ1v) is 10.7.